The molecule has 0 spiro atoms. The molecule has 0 aliphatic rings. The fraction of sp³-hybridized carbons (Fsp3) is 0.200. The molecule has 1 rings (SSSR count). The number of hydrogen-bond donors (Lipinski definition) is 0. The van der Waals surface area contributed by atoms with Crippen LogP contribution < -0.4 is 4.74 Å². The van der Waals surface area contributed by atoms with Crippen LogP contribution >= 0.6 is 0 Å². The maximum absolute atomic E-state index is 13.1. The molecule has 76 valence electrons. The molecule has 1 aromatic carbocycles. The lowest BCUT2D eigenvalue weighted by atomic mass is 10.1. The van der Waals surface area contributed by atoms with Crippen LogP contribution in [-0.4, -0.2) is 6.61 Å². The topological polar surface area (TPSA) is 9.23 Å². The zero-order valence-corrected chi connectivity index (χ0v) is 7.34. The summed E-state index contributed by atoms with van der Waals surface area (Å²) in [6, 6.07) is 3.63. The molecule has 1 nitrogen and oxygen atoms in total. The smallest absolute Gasteiger partial charge is 0.387 e. The average molecular weight is 202 g/mol. The van der Waals surface area contributed by atoms with Gasteiger partial charge in [0.2, 0.25) is 0 Å². The van der Waals surface area contributed by atoms with E-state index in [2.05, 4.69) is 11.3 Å². The highest BCUT2D eigenvalue weighted by Gasteiger charge is 2.07. The first-order chi connectivity index (χ1) is 6.63. The molecule has 0 heterocycles. The van der Waals surface area contributed by atoms with Gasteiger partial charge in [0.1, 0.15) is 11.6 Å². The highest BCUT2D eigenvalue weighted by Crippen LogP contribution is 2.18. The molecule has 0 fully saturated rings. The second-order valence-corrected chi connectivity index (χ2v) is 2.62. The van der Waals surface area contributed by atoms with E-state index in [1.54, 1.807) is 0 Å². The maximum atomic E-state index is 13.1. The van der Waals surface area contributed by atoms with Crippen molar-refractivity contribution in [2.24, 2.45) is 0 Å². The quantitative estimate of drug-likeness (QED) is 0.681. The summed E-state index contributed by atoms with van der Waals surface area (Å²) in [5.41, 5.74) is 0.404. The van der Waals surface area contributed by atoms with Gasteiger partial charge in [-0.15, -0.1) is 6.58 Å². The first-order valence-corrected chi connectivity index (χ1v) is 3.97. The molecule has 0 unspecified atom stereocenters. The molecule has 0 bridgehead atoms. The monoisotopic (exact) mass is 202 g/mol. The zero-order chi connectivity index (χ0) is 10.6. The highest BCUT2D eigenvalue weighted by atomic mass is 19.3. The van der Waals surface area contributed by atoms with Gasteiger partial charge in [-0.25, -0.2) is 4.39 Å². The van der Waals surface area contributed by atoms with Gasteiger partial charge < -0.3 is 4.74 Å². The SMILES string of the molecule is C=CCc1ccc(OC(F)F)cc1F. The lowest BCUT2D eigenvalue weighted by molar-refractivity contribution is -0.0500. The Labute approximate surface area is 79.8 Å². The van der Waals surface area contributed by atoms with Crippen molar-refractivity contribution in [1.29, 1.82) is 0 Å². The Bertz CT molecular complexity index is 323. The van der Waals surface area contributed by atoms with E-state index >= 15 is 0 Å². The Hall–Kier alpha value is -1.45. The Morgan fingerprint density at radius 3 is 2.64 bits per heavy atom. The summed E-state index contributed by atoms with van der Waals surface area (Å²) in [5.74, 6) is -0.742. The number of alkyl halides is 2. The number of rotatable bonds is 4. The molecule has 0 aliphatic heterocycles. The predicted octanol–water partition coefficient (Wildman–Crippen LogP) is 3.16. The van der Waals surface area contributed by atoms with Crippen LogP contribution in [0.3, 0.4) is 0 Å². The van der Waals surface area contributed by atoms with Crippen molar-refractivity contribution in [3.63, 3.8) is 0 Å². The molecule has 0 aromatic heterocycles. The molecular weight excluding hydrogens is 193 g/mol. The summed E-state index contributed by atoms with van der Waals surface area (Å²) in [6.45, 7) is 0.519. The van der Waals surface area contributed by atoms with Crippen molar-refractivity contribution in [1.82, 2.24) is 0 Å². The molecule has 0 aliphatic carbocycles. The van der Waals surface area contributed by atoms with Gasteiger partial charge in [-0.2, -0.15) is 8.78 Å². The second-order valence-electron chi connectivity index (χ2n) is 2.62. The van der Waals surface area contributed by atoms with Gasteiger partial charge >= 0.3 is 6.61 Å². The molecule has 14 heavy (non-hydrogen) atoms. The van der Waals surface area contributed by atoms with Gasteiger partial charge in [-0.05, 0) is 18.1 Å². The lowest BCUT2D eigenvalue weighted by Crippen LogP contribution is -2.02. The standard InChI is InChI=1S/C10H9F3O/c1-2-3-7-4-5-8(6-9(7)11)14-10(12)13/h2,4-6,10H,1,3H2. The van der Waals surface area contributed by atoms with E-state index in [1.807, 2.05) is 0 Å². The minimum atomic E-state index is -2.93. The van der Waals surface area contributed by atoms with E-state index < -0.39 is 12.4 Å². The molecule has 0 N–H and O–H groups in total. The van der Waals surface area contributed by atoms with Crippen LogP contribution in [0.2, 0.25) is 0 Å². The number of allylic oxidation sites excluding steroid dienone is 1. The predicted molar refractivity (Wildman–Crippen MR) is 46.9 cm³/mol. The van der Waals surface area contributed by atoms with E-state index in [1.165, 1.54) is 18.2 Å². The van der Waals surface area contributed by atoms with Crippen LogP contribution in [-0.2, 0) is 6.42 Å². The van der Waals surface area contributed by atoms with Crippen molar-refractivity contribution in [3.05, 3.63) is 42.2 Å². The first-order valence-electron chi connectivity index (χ1n) is 3.97. The van der Waals surface area contributed by atoms with Crippen LogP contribution in [0.5, 0.6) is 5.75 Å². The number of benzene rings is 1. The van der Waals surface area contributed by atoms with Gasteiger partial charge in [0.15, 0.2) is 0 Å². The van der Waals surface area contributed by atoms with Crippen molar-refractivity contribution < 1.29 is 17.9 Å². The Balaban J connectivity index is 2.83. The second kappa shape index (κ2) is 4.69. The van der Waals surface area contributed by atoms with Crippen molar-refractivity contribution >= 4 is 0 Å². The van der Waals surface area contributed by atoms with E-state index in [9.17, 15) is 13.2 Å². The van der Waals surface area contributed by atoms with Gasteiger partial charge in [0.25, 0.3) is 0 Å². The third-order valence-electron chi connectivity index (χ3n) is 1.61. The third-order valence-corrected chi connectivity index (χ3v) is 1.61. The van der Waals surface area contributed by atoms with Crippen molar-refractivity contribution in [2.45, 2.75) is 13.0 Å². The normalized spacial score (nSPS) is 10.3. The minimum Gasteiger partial charge on any atom is -0.435 e. The molecule has 1 aromatic rings. The Kier molecular flexibility index (Phi) is 3.56. The zero-order valence-electron chi connectivity index (χ0n) is 7.34. The summed E-state index contributed by atoms with van der Waals surface area (Å²) < 4.78 is 40.6. The molecule has 0 atom stereocenters. The Morgan fingerprint density at radius 1 is 1.43 bits per heavy atom. The molecular formula is C10H9F3O. The van der Waals surface area contributed by atoms with Crippen LogP contribution in [0.25, 0.3) is 0 Å². The van der Waals surface area contributed by atoms with Gasteiger partial charge in [-0.1, -0.05) is 12.1 Å². The van der Waals surface area contributed by atoms with E-state index in [-0.39, 0.29) is 5.75 Å². The van der Waals surface area contributed by atoms with Crippen molar-refractivity contribution in [2.75, 3.05) is 0 Å². The fourth-order valence-electron chi connectivity index (χ4n) is 1.03. The van der Waals surface area contributed by atoms with E-state index in [4.69, 9.17) is 0 Å². The summed E-state index contributed by atoms with van der Waals surface area (Å²) in [5, 5.41) is 0. The molecule has 0 saturated carbocycles. The van der Waals surface area contributed by atoms with Crippen molar-refractivity contribution in [3.8, 4) is 5.75 Å². The largest absolute Gasteiger partial charge is 0.435 e. The molecule has 0 amide bonds. The lowest BCUT2D eigenvalue weighted by Gasteiger charge is -2.05. The summed E-state index contributed by atoms with van der Waals surface area (Å²) in [7, 11) is 0. The summed E-state index contributed by atoms with van der Waals surface area (Å²) >= 11 is 0. The number of ether oxygens (including phenoxy) is 1. The van der Waals surface area contributed by atoms with Gasteiger partial charge in [-0.3, -0.25) is 0 Å². The third kappa shape index (κ3) is 2.80. The maximum Gasteiger partial charge on any atom is 0.387 e. The first kappa shape index (κ1) is 10.6. The van der Waals surface area contributed by atoms with Crippen LogP contribution in [0.1, 0.15) is 5.56 Å². The highest BCUT2D eigenvalue weighted by molar-refractivity contribution is 5.29. The summed E-state index contributed by atoms with van der Waals surface area (Å²) in [6.07, 6.45) is 1.90. The molecule has 0 radical (unpaired) electrons. The number of hydrogen-bond acceptors (Lipinski definition) is 1. The van der Waals surface area contributed by atoms with Crippen LogP contribution in [0, 0.1) is 5.82 Å². The summed E-state index contributed by atoms with van der Waals surface area (Å²) in [4.78, 5) is 0. The van der Waals surface area contributed by atoms with E-state index in [0.717, 1.165) is 6.07 Å². The van der Waals surface area contributed by atoms with Gasteiger partial charge in [0.05, 0.1) is 0 Å². The Morgan fingerprint density at radius 2 is 2.14 bits per heavy atom. The van der Waals surface area contributed by atoms with Gasteiger partial charge in [0, 0.05) is 6.07 Å². The fourth-order valence-corrected chi connectivity index (χ4v) is 1.03. The van der Waals surface area contributed by atoms with E-state index in [0.29, 0.717) is 12.0 Å². The van der Waals surface area contributed by atoms with Crippen LogP contribution in [0.4, 0.5) is 13.2 Å². The minimum absolute atomic E-state index is 0.176. The molecule has 0 saturated heterocycles. The van der Waals surface area contributed by atoms with Crippen LogP contribution in [0.15, 0.2) is 30.9 Å². The average Bonchev–Trinajstić information content (AvgIpc) is 2.09. The number of halogens is 3. The molecule has 4 heteroatoms.